The van der Waals surface area contributed by atoms with Crippen LogP contribution in [0.1, 0.15) is 22.4 Å². The summed E-state index contributed by atoms with van der Waals surface area (Å²) in [5.74, 6) is 1.74. The molecule has 0 atom stereocenters. The first-order valence-corrected chi connectivity index (χ1v) is 10.7. The lowest BCUT2D eigenvalue weighted by Gasteiger charge is -2.27. The molecule has 1 N–H and O–H groups in total. The van der Waals surface area contributed by atoms with E-state index in [1.807, 2.05) is 18.4 Å². The largest absolute Gasteiger partial charge is 0.497 e. The highest BCUT2D eigenvalue weighted by atomic mass is 32.2. The zero-order chi connectivity index (χ0) is 20.2. The van der Waals surface area contributed by atoms with Gasteiger partial charge in [-0.1, -0.05) is 36.0 Å². The second-order valence-corrected chi connectivity index (χ2v) is 7.76. The summed E-state index contributed by atoms with van der Waals surface area (Å²) in [6.07, 6.45) is 6.19. The number of fused-ring (bicyclic) bond motifs is 1. The number of hydrogen-bond donors (Lipinski definition) is 1. The number of hydrogen-bond acceptors (Lipinski definition) is 6. The van der Waals surface area contributed by atoms with E-state index in [-0.39, 0.29) is 0 Å². The summed E-state index contributed by atoms with van der Waals surface area (Å²) in [4.78, 5) is 11.7. The topological polar surface area (TPSA) is 50.3 Å². The van der Waals surface area contributed by atoms with Crippen molar-refractivity contribution >= 4 is 29.3 Å². The Morgan fingerprint density at radius 2 is 1.97 bits per heavy atom. The van der Waals surface area contributed by atoms with Crippen LogP contribution in [0.2, 0.25) is 0 Å². The molecule has 2 aromatic carbocycles. The lowest BCUT2D eigenvalue weighted by atomic mass is 10.1. The molecule has 0 saturated carbocycles. The SMILES string of the molecule is COc1ccc(CN2C=Cc3nc(SC)nc(Nc4cccc(C)c4)c3C2)cc1. The fourth-order valence-electron chi connectivity index (χ4n) is 3.33. The van der Waals surface area contributed by atoms with Crippen LogP contribution in [-0.4, -0.2) is 28.2 Å². The van der Waals surface area contributed by atoms with E-state index in [0.29, 0.717) is 0 Å². The van der Waals surface area contributed by atoms with Crippen LogP contribution >= 0.6 is 11.8 Å². The molecule has 5 nitrogen and oxygen atoms in total. The number of nitrogens with one attached hydrogen (secondary N) is 1. The molecule has 6 heteroatoms. The fraction of sp³-hybridized carbons (Fsp3) is 0.217. The van der Waals surface area contributed by atoms with Crippen molar-refractivity contribution in [3.63, 3.8) is 0 Å². The van der Waals surface area contributed by atoms with Crippen LogP contribution in [0.5, 0.6) is 5.75 Å². The van der Waals surface area contributed by atoms with Gasteiger partial charge in [-0.2, -0.15) is 0 Å². The van der Waals surface area contributed by atoms with Crippen molar-refractivity contribution in [3.05, 3.63) is 77.1 Å². The van der Waals surface area contributed by atoms with Gasteiger partial charge in [0.1, 0.15) is 11.6 Å². The Hall–Kier alpha value is -2.99. The average molecular weight is 405 g/mol. The van der Waals surface area contributed by atoms with Crippen LogP contribution in [0.3, 0.4) is 0 Å². The molecule has 3 aromatic rings. The van der Waals surface area contributed by atoms with Gasteiger partial charge >= 0.3 is 0 Å². The smallest absolute Gasteiger partial charge is 0.189 e. The van der Waals surface area contributed by atoms with Crippen LogP contribution in [0.15, 0.2) is 59.9 Å². The maximum atomic E-state index is 5.25. The van der Waals surface area contributed by atoms with Gasteiger partial charge in [-0.25, -0.2) is 9.97 Å². The van der Waals surface area contributed by atoms with E-state index < -0.39 is 0 Å². The van der Waals surface area contributed by atoms with Crippen molar-refractivity contribution in [2.75, 3.05) is 18.7 Å². The lowest BCUT2D eigenvalue weighted by Crippen LogP contribution is -2.22. The second-order valence-electron chi connectivity index (χ2n) is 6.99. The van der Waals surface area contributed by atoms with Crippen molar-refractivity contribution in [1.82, 2.24) is 14.9 Å². The van der Waals surface area contributed by atoms with Gasteiger partial charge in [0.15, 0.2) is 5.16 Å². The number of thioether (sulfide) groups is 1. The Morgan fingerprint density at radius 1 is 1.14 bits per heavy atom. The highest BCUT2D eigenvalue weighted by Crippen LogP contribution is 2.30. The molecule has 2 heterocycles. The van der Waals surface area contributed by atoms with Crippen LogP contribution in [0.25, 0.3) is 6.08 Å². The number of rotatable bonds is 6. The van der Waals surface area contributed by atoms with Gasteiger partial charge in [-0.05, 0) is 54.6 Å². The summed E-state index contributed by atoms with van der Waals surface area (Å²) in [6, 6.07) is 16.5. The van der Waals surface area contributed by atoms with Crippen molar-refractivity contribution in [2.45, 2.75) is 25.2 Å². The Morgan fingerprint density at radius 3 is 2.69 bits per heavy atom. The van der Waals surface area contributed by atoms with E-state index in [0.717, 1.165) is 46.8 Å². The molecule has 1 aromatic heterocycles. The number of ether oxygens (including phenoxy) is 1. The third-order valence-electron chi connectivity index (χ3n) is 4.83. The third kappa shape index (κ3) is 4.54. The summed E-state index contributed by atoms with van der Waals surface area (Å²) in [6.45, 7) is 3.65. The first kappa shape index (κ1) is 19.3. The van der Waals surface area contributed by atoms with E-state index in [4.69, 9.17) is 14.7 Å². The number of benzene rings is 2. The van der Waals surface area contributed by atoms with E-state index in [2.05, 4.69) is 65.8 Å². The van der Waals surface area contributed by atoms with Gasteiger partial charge in [-0.15, -0.1) is 0 Å². The zero-order valence-electron chi connectivity index (χ0n) is 16.8. The maximum absolute atomic E-state index is 5.25. The molecular formula is C23H24N4OS. The number of nitrogens with zero attached hydrogens (tertiary/aromatic N) is 3. The zero-order valence-corrected chi connectivity index (χ0v) is 17.7. The quantitative estimate of drug-likeness (QED) is 0.448. The summed E-state index contributed by atoms with van der Waals surface area (Å²) >= 11 is 1.55. The highest BCUT2D eigenvalue weighted by molar-refractivity contribution is 7.98. The molecule has 0 fully saturated rings. The number of aromatic nitrogens is 2. The van der Waals surface area contributed by atoms with E-state index in [1.54, 1.807) is 18.9 Å². The predicted molar refractivity (Wildman–Crippen MR) is 120 cm³/mol. The van der Waals surface area contributed by atoms with Crippen LogP contribution in [0.4, 0.5) is 11.5 Å². The van der Waals surface area contributed by atoms with Gasteiger partial charge in [0.25, 0.3) is 0 Å². The molecule has 0 bridgehead atoms. The van der Waals surface area contributed by atoms with Crippen molar-refractivity contribution in [2.24, 2.45) is 0 Å². The minimum atomic E-state index is 0.751. The normalized spacial score (nSPS) is 12.6. The monoisotopic (exact) mass is 404 g/mol. The summed E-state index contributed by atoms with van der Waals surface area (Å²) in [5.41, 5.74) is 5.57. The molecule has 0 unspecified atom stereocenters. The molecular weight excluding hydrogens is 380 g/mol. The van der Waals surface area contributed by atoms with Crippen LogP contribution < -0.4 is 10.1 Å². The van der Waals surface area contributed by atoms with Gasteiger partial charge in [-0.3, -0.25) is 0 Å². The summed E-state index contributed by atoms with van der Waals surface area (Å²) in [5, 5.41) is 4.28. The van der Waals surface area contributed by atoms with Gasteiger partial charge in [0.2, 0.25) is 0 Å². The molecule has 0 radical (unpaired) electrons. The van der Waals surface area contributed by atoms with Crippen molar-refractivity contribution in [3.8, 4) is 5.75 Å². The third-order valence-corrected chi connectivity index (χ3v) is 5.38. The molecule has 1 aliphatic rings. The maximum Gasteiger partial charge on any atom is 0.189 e. The van der Waals surface area contributed by atoms with Gasteiger partial charge in [0.05, 0.1) is 12.8 Å². The van der Waals surface area contributed by atoms with Crippen molar-refractivity contribution < 1.29 is 4.74 Å². The van der Waals surface area contributed by atoms with Gasteiger partial charge < -0.3 is 15.0 Å². The Balaban J connectivity index is 1.60. The lowest BCUT2D eigenvalue weighted by molar-refractivity contribution is 0.358. The Bertz CT molecular complexity index is 1030. The molecule has 0 amide bonds. The number of anilines is 2. The second kappa shape index (κ2) is 8.57. The molecule has 4 rings (SSSR count). The highest BCUT2D eigenvalue weighted by Gasteiger charge is 2.19. The van der Waals surface area contributed by atoms with Gasteiger partial charge in [0, 0.05) is 30.5 Å². The first-order chi connectivity index (χ1) is 14.1. The number of aryl methyl sites for hydroxylation is 1. The molecule has 148 valence electrons. The van der Waals surface area contributed by atoms with Crippen molar-refractivity contribution in [1.29, 1.82) is 0 Å². The molecule has 1 aliphatic heterocycles. The Kier molecular flexibility index (Phi) is 5.71. The van der Waals surface area contributed by atoms with Crippen LogP contribution in [-0.2, 0) is 13.1 Å². The molecule has 0 saturated heterocycles. The van der Waals surface area contributed by atoms with Crippen LogP contribution in [0, 0.1) is 6.92 Å². The van der Waals surface area contributed by atoms with E-state index in [1.165, 1.54) is 11.1 Å². The molecule has 0 aliphatic carbocycles. The average Bonchev–Trinajstić information content (AvgIpc) is 2.74. The number of methoxy groups -OCH3 is 1. The summed E-state index contributed by atoms with van der Waals surface area (Å²) < 4.78 is 5.25. The minimum Gasteiger partial charge on any atom is -0.497 e. The first-order valence-electron chi connectivity index (χ1n) is 9.48. The minimum absolute atomic E-state index is 0.751. The predicted octanol–water partition coefficient (Wildman–Crippen LogP) is 5.25. The van der Waals surface area contributed by atoms with E-state index in [9.17, 15) is 0 Å². The molecule has 29 heavy (non-hydrogen) atoms. The summed E-state index contributed by atoms with van der Waals surface area (Å²) in [7, 11) is 1.69. The van der Waals surface area contributed by atoms with E-state index >= 15 is 0 Å². The fourth-order valence-corrected chi connectivity index (χ4v) is 3.71. The molecule has 0 spiro atoms. The standard InChI is InChI=1S/C23H24N4OS/c1-16-5-4-6-18(13-16)24-22-20-15-27(12-11-21(20)25-23(26-22)29-3)14-17-7-9-19(28-2)10-8-17/h4-13H,14-15H2,1-3H3,(H,24,25,26). The Labute approximate surface area is 175 Å².